The van der Waals surface area contributed by atoms with Crippen molar-refractivity contribution >= 4 is 11.3 Å². The molecule has 1 N–H and O–H groups in total. The molecule has 3 heteroatoms. The molecule has 3 rings (SSSR count). The maximum Gasteiger partial charge on any atom is 0.123 e. The summed E-state index contributed by atoms with van der Waals surface area (Å²) < 4.78 is 0. The number of nitrogens with zero attached hydrogens (tertiary/aromatic N) is 1. The summed E-state index contributed by atoms with van der Waals surface area (Å²) in [5.74, 6) is 0. The van der Waals surface area contributed by atoms with E-state index in [-0.39, 0.29) is 0 Å². The molecule has 0 atom stereocenters. The Morgan fingerprint density at radius 1 is 0.818 bits per heavy atom. The third-order valence-electron chi connectivity index (χ3n) is 3.56. The SMILES string of the molecule is c1ccc(CCNCCc2csc(-c3ccccc3)n2)cc1. The Morgan fingerprint density at radius 3 is 2.27 bits per heavy atom. The summed E-state index contributed by atoms with van der Waals surface area (Å²) in [5.41, 5.74) is 3.77. The van der Waals surface area contributed by atoms with Crippen molar-refractivity contribution in [3.05, 3.63) is 77.3 Å². The molecule has 0 aliphatic rings. The van der Waals surface area contributed by atoms with E-state index < -0.39 is 0 Å². The average molecular weight is 308 g/mol. The van der Waals surface area contributed by atoms with Crippen LogP contribution in [0.4, 0.5) is 0 Å². The molecule has 0 aliphatic heterocycles. The molecule has 0 saturated carbocycles. The molecule has 0 fully saturated rings. The summed E-state index contributed by atoms with van der Waals surface area (Å²) in [6.45, 7) is 1.99. The van der Waals surface area contributed by atoms with Gasteiger partial charge in [-0.3, -0.25) is 0 Å². The minimum Gasteiger partial charge on any atom is -0.316 e. The first-order valence-electron chi connectivity index (χ1n) is 7.66. The quantitative estimate of drug-likeness (QED) is 0.662. The van der Waals surface area contributed by atoms with E-state index in [1.165, 1.54) is 16.8 Å². The number of aromatic nitrogens is 1. The first-order chi connectivity index (χ1) is 10.9. The molecule has 1 heterocycles. The van der Waals surface area contributed by atoms with Crippen LogP contribution in [0.3, 0.4) is 0 Å². The number of nitrogens with one attached hydrogen (secondary N) is 1. The van der Waals surface area contributed by atoms with Gasteiger partial charge >= 0.3 is 0 Å². The zero-order chi connectivity index (χ0) is 15.0. The van der Waals surface area contributed by atoms with Crippen molar-refractivity contribution in [1.29, 1.82) is 0 Å². The zero-order valence-corrected chi connectivity index (χ0v) is 13.4. The minimum atomic E-state index is 0.977. The van der Waals surface area contributed by atoms with Gasteiger partial charge in [-0.25, -0.2) is 4.98 Å². The van der Waals surface area contributed by atoms with Gasteiger partial charge in [0.1, 0.15) is 5.01 Å². The van der Waals surface area contributed by atoms with Gasteiger partial charge < -0.3 is 5.32 Å². The smallest absolute Gasteiger partial charge is 0.123 e. The molecule has 0 unspecified atom stereocenters. The molecule has 0 aliphatic carbocycles. The van der Waals surface area contributed by atoms with Crippen molar-refractivity contribution in [2.75, 3.05) is 13.1 Å². The predicted molar refractivity (Wildman–Crippen MR) is 94.3 cm³/mol. The van der Waals surface area contributed by atoms with Crippen LogP contribution < -0.4 is 5.32 Å². The highest BCUT2D eigenvalue weighted by atomic mass is 32.1. The molecule has 1 aromatic heterocycles. The molecule has 0 saturated heterocycles. The highest BCUT2D eigenvalue weighted by molar-refractivity contribution is 7.13. The fourth-order valence-electron chi connectivity index (χ4n) is 2.35. The van der Waals surface area contributed by atoms with Gasteiger partial charge in [0.05, 0.1) is 5.69 Å². The molecule has 112 valence electrons. The molecule has 2 nitrogen and oxygen atoms in total. The van der Waals surface area contributed by atoms with E-state index in [0.717, 1.165) is 30.9 Å². The Balaban J connectivity index is 1.42. The number of hydrogen-bond donors (Lipinski definition) is 1. The van der Waals surface area contributed by atoms with Crippen LogP contribution in [-0.2, 0) is 12.8 Å². The maximum absolute atomic E-state index is 4.71. The summed E-state index contributed by atoms with van der Waals surface area (Å²) in [7, 11) is 0. The lowest BCUT2D eigenvalue weighted by Gasteiger charge is -2.03. The van der Waals surface area contributed by atoms with Gasteiger partial charge in [0.15, 0.2) is 0 Å². The van der Waals surface area contributed by atoms with Gasteiger partial charge in [-0.2, -0.15) is 0 Å². The summed E-state index contributed by atoms with van der Waals surface area (Å²) in [5, 5.41) is 6.77. The van der Waals surface area contributed by atoms with Crippen LogP contribution in [-0.4, -0.2) is 18.1 Å². The van der Waals surface area contributed by atoms with Crippen LogP contribution >= 0.6 is 11.3 Å². The molecule has 0 bridgehead atoms. The van der Waals surface area contributed by atoms with Crippen molar-refractivity contribution in [3.8, 4) is 10.6 Å². The standard InChI is InChI=1S/C19H20N2S/c1-3-7-16(8-4-1)11-13-20-14-12-18-15-22-19(21-18)17-9-5-2-6-10-17/h1-10,15,20H,11-14H2. The molecule has 3 aromatic rings. The van der Waals surface area contributed by atoms with Gasteiger partial charge in [0.2, 0.25) is 0 Å². The van der Waals surface area contributed by atoms with Crippen LogP contribution in [0.1, 0.15) is 11.3 Å². The molecular weight excluding hydrogens is 288 g/mol. The summed E-state index contributed by atoms with van der Waals surface area (Å²) in [4.78, 5) is 4.71. The predicted octanol–water partition coefficient (Wildman–Crippen LogP) is 4.18. The number of rotatable bonds is 7. The normalized spacial score (nSPS) is 10.7. The van der Waals surface area contributed by atoms with Gasteiger partial charge in [0.25, 0.3) is 0 Å². The lowest BCUT2D eigenvalue weighted by atomic mass is 10.1. The molecule has 0 amide bonds. The van der Waals surface area contributed by atoms with E-state index in [1.54, 1.807) is 11.3 Å². The lowest BCUT2D eigenvalue weighted by Crippen LogP contribution is -2.20. The van der Waals surface area contributed by atoms with E-state index >= 15 is 0 Å². The highest BCUT2D eigenvalue weighted by Crippen LogP contribution is 2.23. The Kier molecular flexibility index (Phi) is 5.35. The Labute approximate surface area is 135 Å². The fourth-order valence-corrected chi connectivity index (χ4v) is 3.21. The third kappa shape index (κ3) is 4.26. The van der Waals surface area contributed by atoms with Crippen LogP contribution in [0.5, 0.6) is 0 Å². The van der Waals surface area contributed by atoms with E-state index in [9.17, 15) is 0 Å². The van der Waals surface area contributed by atoms with Gasteiger partial charge in [0, 0.05) is 23.9 Å². The third-order valence-corrected chi connectivity index (χ3v) is 4.50. The second-order valence-electron chi connectivity index (χ2n) is 5.25. The molecular formula is C19H20N2S. The van der Waals surface area contributed by atoms with E-state index in [4.69, 9.17) is 4.98 Å². The van der Waals surface area contributed by atoms with Gasteiger partial charge in [-0.15, -0.1) is 11.3 Å². The number of benzene rings is 2. The van der Waals surface area contributed by atoms with Gasteiger partial charge in [-0.05, 0) is 18.5 Å². The first-order valence-corrected chi connectivity index (χ1v) is 8.54. The first kappa shape index (κ1) is 14.9. The van der Waals surface area contributed by atoms with Crippen molar-refractivity contribution in [2.45, 2.75) is 12.8 Å². The van der Waals surface area contributed by atoms with Crippen LogP contribution in [0, 0.1) is 0 Å². The molecule has 22 heavy (non-hydrogen) atoms. The average Bonchev–Trinajstić information content (AvgIpc) is 3.05. The van der Waals surface area contributed by atoms with Crippen molar-refractivity contribution in [2.24, 2.45) is 0 Å². The molecule has 0 spiro atoms. The largest absolute Gasteiger partial charge is 0.316 e. The van der Waals surface area contributed by atoms with E-state index in [2.05, 4.69) is 65.3 Å². The van der Waals surface area contributed by atoms with Crippen molar-refractivity contribution in [3.63, 3.8) is 0 Å². The van der Waals surface area contributed by atoms with E-state index in [1.807, 2.05) is 6.07 Å². The minimum absolute atomic E-state index is 0.977. The second kappa shape index (κ2) is 7.87. The number of hydrogen-bond acceptors (Lipinski definition) is 3. The van der Waals surface area contributed by atoms with Crippen molar-refractivity contribution in [1.82, 2.24) is 10.3 Å². The Morgan fingerprint density at radius 2 is 1.50 bits per heavy atom. The summed E-state index contributed by atoms with van der Waals surface area (Å²) in [6.07, 6.45) is 2.06. The van der Waals surface area contributed by atoms with Crippen LogP contribution in [0.15, 0.2) is 66.0 Å². The van der Waals surface area contributed by atoms with Crippen molar-refractivity contribution < 1.29 is 0 Å². The topological polar surface area (TPSA) is 24.9 Å². The van der Waals surface area contributed by atoms with Crippen LogP contribution in [0.2, 0.25) is 0 Å². The highest BCUT2D eigenvalue weighted by Gasteiger charge is 2.03. The lowest BCUT2D eigenvalue weighted by molar-refractivity contribution is 0.677. The maximum atomic E-state index is 4.71. The monoisotopic (exact) mass is 308 g/mol. The Hall–Kier alpha value is -1.97. The van der Waals surface area contributed by atoms with E-state index in [0.29, 0.717) is 0 Å². The van der Waals surface area contributed by atoms with Gasteiger partial charge in [-0.1, -0.05) is 60.7 Å². The summed E-state index contributed by atoms with van der Waals surface area (Å²) in [6, 6.07) is 21.0. The fraction of sp³-hybridized carbons (Fsp3) is 0.211. The number of thiazole rings is 1. The second-order valence-corrected chi connectivity index (χ2v) is 6.10. The Bertz CT molecular complexity index is 677. The molecule has 0 radical (unpaired) electrons. The zero-order valence-electron chi connectivity index (χ0n) is 12.5. The van der Waals surface area contributed by atoms with Crippen LogP contribution in [0.25, 0.3) is 10.6 Å². The summed E-state index contributed by atoms with van der Waals surface area (Å²) >= 11 is 1.72. The molecule has 2 aromatic carbocycles.